The normalized spacial score (nSPS) is 12.7. The summed E-state index contributed by atoms with van der Waals surface area (Å²) in [4.78, 5) is 19.6. The van der Waals surface area contributed by atoms with Crippen molar-refractivity contribution in [2.45, 2.75) is 19.9 Å². The zero-order valence-corrected chi connectivity index (χ0v) is 18.5. The van der Waals surface area contributed by atoms with E-state index in [1.807, 2.05) is 11.4 Å². The van der Waals surface area contributed by atoms with Crippen LogP contribution in [0, 0.1) is 11.6 Å². The number of nitrogens with zero attached hydrogens (tertiary/aromatic N) is 3. The summed E-state index contributed by atoms with van der Waals surface area (Å²) in [7, 11) is 3.32. The molecule has 0 aliphatic heterocycles. The monoisotopic (exact) mass is 457 g/mol. The van der Waals surface area contributed by atoms with Crippen LogP contribution in [0.25, 0.3) is 16.8 Å². The van der Waals surface area contributed by atoms with Crippen molar-refractivity contribution >= 4 is 17.3 Å². The number of imidazole rings is 1. The quantitative estimate of drug-likeness (QED) is 0.336. The van der Waals surface area contributed by atoms with Gasteiger partial charge >= 0.3 is 5.97 Å². The Labute approximate surface area is 189 Å². The minimum Gasteiger partial charge on any atom is -0.489 e. The summed E-state index contributed by atoms with van der Waals surface area (Å²) in [5.74, 6) is -3.76. The number of hydrogen-bond acceptors (Lipinski definition) is 6. The van der Waals surface area contributed by atoms with E-state index >= 15 is 0 Å². The van der Waals surface area contributed by atoms with E-state index in [1.54, 1.807) is 31.5 Å². The van der Waals surface area contributed by atoms with Crippen molar-refractivity contribution in [3.05, 3.63) is 65.3 Å². The molecule has 174 valence electrons. The van der Waals surface area contributed by atoms with Gasteiger partial charge in [-0.1, -0.05) is 0 Å². The van der Waals surface area contributed by atoms with Gasteiger partial charge in [-0.2, -0.15) is 4.39 Å². The summed E-state index contributed by atoms with van der Waals surface area (Å²) >= 11 is 0. The van der Waals surface area contributed by atoms with E-state index in [0.717, 1.165) is 11.8 Å². The lowest BCUT2D eigenvalue weighted by molar-refractivity contribution is -0.132. The number of carbonyl (C=O) groups is 1. The van der Waals surface area contributed by atoms with Crippen LogP contribution in [0.1, 0.15) is 19.0 Å². The van der Waals surface area contributed by atoms with Crippen molar-refractivity contribution < 1.29 is 23.4 Å². The fourth-order valence-corrected chi connectivity index (χ4v) is 3.43. The van der Waals surface area contributed by atoms with Crippen LogP contribution >= 0.6 is 0 Å². The van der Waals surface area contributed by atoms with Gasteiger partial charge in [0.1, 0.15) is 11.3 Å². The highest BCUT2D eigenvalue weighted by molar-refractivity contribution is 6.04. The first-order valence-corrected chi connectivity index (χ1v) is 10.2. The third-order valence-electron chi connectivity index (χ3n) is 5.23. The van der Waals surface area contributed by atoms with Crippen LogP contribution in [-0.2, 0) is 11.3 Å². The molecule has 1 aromatic carbocycles. The molecule has 0 unspecified atom stereocenters. The van der Waals surface area contributed by atoms with Gasteiger partial charge in [-0.3, -0.25) is 4.99 Å². The van der Waals surface area contributed by atoms with E-state index < -0.39 is 17.6 Å². The molecular weight excluding hydrogens is 432 g/mol. The van der Waals surface area contributed by atoms with Crippen LogP contribution < -0.4 is 15.8 Å². The summed E-state index contributed by atoms with van der Waals surface area (Å²) in [5, 5.41) is 12.3. The maximum absolute atomic E-state index is 14.8. The number of rotatable bonds is 9. The van der Waals surface area contributed by atoms with Crippen LogP contribution in [0.2, 0.25) is 0 Å². The molecule has 3 aromatic rings. The Bertz CT molecular complexity index is 1250. The van der Waals surface area contributed by atoms with Gasteiger partial charge in [0.15, 0.2) is 11.6 Å². The number of halogens is 2. The van der Waals surface area contributed by atoms with Crippen LogP contribution in [0.4, 0.5) is 8.78 Å². The number of nitrogens with two attached hydrogens (primary N) is 1. The van der Waals surface area contributed by atoms with Gasteiger partial charge in [0.05, 0.1) is 18.5 Å². The first-order valence-electron chi connectivity index (χ1n) is 10.2. The fraction of sp³-hybridized carbons (Fsp3) is 0.261. The summed E-state index contributed by atoms with van der Waals surface area (Å²) in [6, 6.07) is 5.98. The van der Waals surface area contributed by atoms with E-state index in [9.17, 15) is 18.7 Å². The smallest absolute Gasteiger partial charge is 0.352 e. The van der Waals surface area contributed by atoms with Gasteiger partial charge in [0.2, 0.25) is 5.82 Å². The average Bonchev–Trinajstić information content (AvgIpc) is 3.20. The zero-order chi connectivity index (χ0) is 24.1. The Kier molecular flexibility index (Phi) is 7.39. The van der Waals surface area contributed by atoms with Gasteiger partial charge in [0.25, 0.3) is 0 Å². The Morgan fingerprint density at radius 1 is 1.30 bits per heavy atom. The molecule has 2 heterocycles. The summed E-state index contributed by atoms with van der Waals surface area (Å²) < 4.78 is 36.3. The number of ether oxygens (including phenoxy) is 1. The Balaban J connectivity index is 1.97. The molecule has 0 amide bonds. The van der Waals surface area contributed by atoms with Crippen molar-refractivity contribution in [1.82, 2.24) is 14.7 Å². The Hall–Kier alpha value is -3.79. The Morgan fingerprint density at radius 2 is 2.06 bits per heavy atom. The first kappa shape index (κ1) is 23.9. The lowest BCUT2D eigenvalue weighted by Crippen LogP contribution is -2.18. The predicted molar refractivity (Wildman–Crippen MR) is 121 cm³/mol. The number of carboxylic acids is 1. The van der Waals surface area contributed by atoms with E-state index in [1.165, 1.54) is 13.1 Å². The summed E-state index contributed by atoms with van der Waals surface area (Å²) in [6.45, 7) is 2.05. The standard InChI is InChI=1S/C23H25F2N5O3/c1-13(28-3)16(21(26)23(31)32)8-9-33-22-17(5-6-18(24)20(22)25)14-4-7-19-29-11-15(10-27-2)30(19)12-14/h4-7,11-12,27H,8-10,26H2,1-3H3,(H,31,32)/b21-16-,28-13?. The Morgan fingerprint density at radius 3 is 2.73 bits per heavy atom. The highest BCUT2D eigenvalue weighted by Crippen LogP contribution is 2.34. The van der Waals surface area contributed by atoms with Crippen molar-refractivity contribution in [3.63, 3.8) is 0 Å². The number of pyridine rings is 1. The molecule has 8 nitrogen and oxygen atoms in total. The zero-order valence-electron chi connectivity index (χ0n) is 18.5. The molecule has 0 radical (unpaired) electrons. The van der Waals surface area contributed by atoms with E-state index in [0.29, 0.717) is 29.0 Å². The van der Waals surface area contributed by atoms with Crippen LogP contribution in [-0.4, -0.2) is 46.9 Å². The second-order valence-corrected chi connectivity index (χ2v) is 7.27. The number of aliphatic imine (C=N–C) groups is 1. The van der Waals surface area contributed by atoms with Crippen LogP contribution in [0.3, 0.4) is 0 Å². The topological polar surface area (TPSA) is 114 Å². The van der Waals surface area contributed by atoms with Crippen molar-refractivity contribution in [2.75, 3.05) is 20.7 Å². The molecule has 0 fully saturated rings. The van der Waals surface area contributed by atoms with E-state index in [2.05, 4.69) is 15.3 Å². The molecule has 3 rings (SSSR count). The highest BCUT2D eigenvalue weighted by Gasteiger charge is 2.19. The third kappa shape index (κ3) is 5.01. The second kappa shape index (κ2) is 10.2. The predicted octanol–water partition coefficient (Wildman–Crippen LogP) is 3.16. The second-order valence-electron chi connectivity index (χ2n) is 7.27. The molecule has 0 saturated carbocycles. The summed E-state index contributed by atoms with van der Waals surface area (Å²) in [5.41, 5.74) is 8.53. The van der Waals surface area contributed by atoms with Gasteiger partial charge in [0, 0.05) is 48.6 Å². The maximum Gasteiger partial charge on any atom is 0.352 e. The number of benzene rings is 1. The van der Waals surface area contributed by atoms with Gasteiger partial charge in [-0.25, -0.2) is 14.2 Å². The van der Waals surface area contributed by atoms with Crippen LogP contribution in [0.15, 0.2) is 52.9 Å². The maximum atomic E-state index is 14.8. The molecule has 0 saturated heterocycles. The third-order valence-corrected chi connectivity index (χ3v) is 5.23. The molecule has 4 N–H and O–H groups in total. The largest absolute Gasteiger partial charge is 0.489 e. The molecule has 0 aliphatic carbocycles. The highest BCUT2D eigenvalue weighted by atomic mass is 19.2. The minimum absolute atomic E-state index is 0.0452. The lowest BCUT2D eigenvalue weighted by atomic mass is 10.0. The minimum atomic E-state index is -1.29. The summed E-state index contributed by atoms with van der Waals surface area (Å²) in [6.07, 6.45) is 3.55. The number of nitrogens with one attached hydrogen (secondary N) is 1. The van der Waals surface area contributed by atoms with Crippen molar-refractivity contribution in [1.29, 1.82) is 0 Å². The van der Waals surface area contributed by atoms with Crippen LogP contribution in [0.5, 0.6) is 5.75 Å². The number of aliphatic carboxylic acids is 1. The number of fused-ring (bicyclic) bond motifs is 1. The molecule has 0 bridgehead atoms. The van der Waals surface area contributed by atoms with Gasteiger partial charge in [-0.15, -0.1) is 0 Å². The van der Waals surface area contributed by atoms with Gasteiger partial charge < -0.3 is 25.3 Å². The van der Waals surface area contributed by atoms with E-state index in [-0.39, 0.29) is 30.0 Å². The number of hydrogen-bond donors (Lipinski definition) is 3. The molecule has 33 heavy (non-hydrogen) atoms. The number of aromatic nitrogens is 2. The fourth-order valence-electron chi connectivity index (χ4n) is 3.43. The molecule has 0 spiro atoms. The molecule has 10 heteroatoms. The van der Waals surface area contributed by atoms with Crippen molar-refractivity contribution in [2.24, 2.45) is 10.7 Å². The molecule has 0 atom stereocenters. The lowest BCUT2D eigenvalue weighted by Gasteiger charge is -2.15. The SMILES string of the molecule is CN=C(C)/C(CCOc1c(-c2ccc3ncc(CNC)n3c2)ccc(F)c1F)=C(\N)C(=O)O. The first-order chi connectivity index (χ1) is 15.8. The molecule has 0 aliphatic rings. The average molecular weight is 457 g/mol. The van der Waals surface area contributed by atoms with E-state index in [4.69, 9.17) is 10.5 Å². The number of carboxylic acid groups (broad SMARTS) is 1. The molecule has 2 aromatic heterocycles. The van der Waals surface area contributed by atoms with Gasteiger partial charge in [-0.05, 0) is 38.2 Å². The van der Waals surface area contributed by atoms with Crippen molar-refractivity contribution in [3.8, 4) is 16.9 Å². The molecular formula is C23H25F2N5O3.